The minimum atomic E-state index is -4.88. The highest BCUT2D eigenvalue weighted by atomic mass is 19.3. The molecule has 0 heterocycles. The van der Waals surface area contributed by atoms with E-state index in [1.54, 1.807) is 0 Å². The molecule has 2 aromatic rings. The van der Waals surface area contributed by atoms with Crippen LogP contribution in [0.1, 0.15) is 21.5 Å². The lowest BCUT2D eigenvalue weighted by Crippen LogP contribution is -2.33. The van der Waals surface area contributed by atoms with E-state index in [1.807, 2.05) is 0 Å². The molecule has 0 unspecified atom stereocenters. The SMILES string of the molecule is N#Cc1cc(C(=O)c2cc(F)cc(OC(F)(F)C(F)F)c2)ccc1F. The molecule has 0 aliphatic carbocycles. The summed E-state index contributed by atoms with van der Waals surface area (Å²) in [6.07, 6.45) is -9.04. The summed E-state index contributed by atoms with van der Waals surface area (Å²) in [4.78, 5) is 12.2. The van der Waals surface area contributed by atoms with Gasteiger partial charge in [-0.3, -0.25) is 4.79 Å². The molecule has 0 aliphatic rings. The van der Waals surface area contributed by atoms with Gasteiger partial charge < -0.3 is 4.74 Å². The maximum atomic E-state index is 13.5. The predicted octanol–water partition coefficient (Wildman–Crippen LogP) is 4.30. The van der Waals surface area contributed by atoms with Crippen LogP contribution in [0.4, 0.5) is 26.3 Å². The van der Waals surface area contributed by atoms with Crippen LogP contribution in [0, 0.1) is 23.0 Å². The summed E-state index contributed by atoms with van der Waals surface area (Å²) in [6.45, 7) is 0. The van der Waals surface area contributed by atoms with Gasteiger partial charge in [-0.25, -0.2) is 8.78 Å². The molecule has 2 aromatic carbocycles. The van der Waals surface area contributed by atoms with Gasteiger partial charge in [-0.1, -0.05) is 0 Å². The maximum absolute atomic E-state index is 13.5. The van der Waals surface area contributed by atoms with Gasteiger partial charge in [-0.15, -0.1) is 0 Å². The number of alkyl halides is 4. The molecule has 0 radical (unpaired) electrons. The first-order valence-electron chi connectivity index (χ1n) is 6.54. The Morgan fingerprint density at radius 3 is 2.36 bits per heavy atom. The van der Waals surface area contributed by atoms with Gasteiger partial charge in [-0.05, 0) is 30.3 Å². The number of carbonyl (C=O) groups is 1. The summed E-state index contributed by atoms with van der Waals surface area (Å²) >= 11 is 0. The third-order valence-electron chi connectivity index (χ3n) is 2.99. The van der Waals surface area contributed by atoms with E-state index in [0.29, 0.717) is 18.2 Å². The van der Waals surface area contributed by atoms with Gasteiger partial charge in [0.15, 0.2) is 5.78 Å². The molecule has 0 saturated carbocycles. The number of hydrogen-bond acceptors (Lipinski definition) is 3. The van der Waals surface area contributed by atoms with E-state index in [9.17, 15) is 31.1 Å². The van der Waals surface area contributed by atoms with Crippen LogP contribution < -0.4 is 4.74 Å². The second kappa shape index (κ2) is 6.84. The topological polar surface area (TPSA) is 50.1 Å². The first kappa shape index (κ1) is 18.3. The van der Waals surface area contributed by atoms with Crippen molar-refractivity contribution in [2.45, 2.75) is 12.5 Å². The normalized spacial score (nSPS) is 11.3. The Balaban J connectivity index is 2.40. The van der Waals surface area contributed by atoms with Gasteiger partial charge in [0.05, 0.1) is 5.56 Å². The van der Waals surface area contributed by atoms with E-state index >= 15 is 0 Å². The average molecular weight is 359 g/mol. The highest BCUT2D eigenvalue weighted by molar-refractivity contribution is 6.09. The molecule has 0 bridgehead atoms. The lowest BCUT2D eigenvalue weighted by Gasteiger charge is -2.17. The fourth-order valence-electron chi connectivity index (χ4n) is 1.87. The fourth-order valence-corrected chi connectivity index (χ4v) is 1.87. The van der Waals surface area contributed by atoms with E-state index in [0.717, 1.165) is 18.2 Å². The fraction of sp³-hybridized carbons (Fsp3) is 0.125. The third kappa shape index (κ3) is 4.09. The van der Waals surface area contributed by atoms with Crippen molar-refractivity contribution in [2.75, 3.05) is 0 Å². The summed E-state index contributed by atoms with van der Waals surface area (Å²) in [5, 5.41) is 8.73. The highest BCUT2D eigenvalue weighted by Crippen LogP contribution is 2.29. The number of benzene rings is 2. The number of ketones is 1. The van der Waals surface area contributed by atoms with Crippen LogP contribution in [-0.4, -0.2) is 18.3 Å². The molecule has 25 heavy (non-hydrogen) atoms. The lowest BCUT2D eigenvalue weighted by molar-refractivity contribution is -0.253. The Morgan fingerprint density at radius 2 is 1.76 bits per heavy atom. The summed E-state index contributed by atoms with van der Waals surface area (Å²) in [5.74, 6) is -4.01. The van der Waals surface area contributed by atoms with Crippen molar-refractivity contribution < 1.29 is 35.9 Å². The van der Waals surface area contributed by atoms with Crippen LogP contribution in [0.3, 0.4) is 0 Å². The van der Waals surface area contributed by atoms with Crippen molar-refractivity contribution in [1.82, 2.24) is 0 Å². The summed E-state index contributed by atoms with van der Waals surface area (Å²) in [5.41, 5.74) is -1.19. The average Bonchev–Trinajstić information content (AvgIpc) is 2.53. The molecule has 0 N–H and O–H groups in total. The highest BCUT2D eigenvalue weighted by Gasteiger charge is 2.44. The number of halogens is 6. The first-order chi connectivity index (χ1) is 11.6. The molecule has 0 amide bonds. The molecular weight excluding hydrogens is 352 g/mol. The Kier molecular flexibility index (Phi) is 5.02. The number of nitriles is 1. The minimum absolute atomic E-state index is 0.227. The van der Waals surface area contributed by atoms with Crippen LogP contribution in [0.25, 0.3) is 0 Å². The lowest BCUT2D eigenvalue weighted by atomic mass is 10.0. The quantitative estimate of drug-likeness (QED) is 0.591. The van der Waals surface area contributed by atoms with E-state index < -0.39 is 46.8 Å². The van der Waals surface area contributed by atoms with Crippen molar-refractivity contribution in [3.05, 3.63) is 64.7 Å². The van der Waals surface area contributed by atoms with Crippen LogP contribution >= 0.6 is 0 Å². The number of hydrogen-bond donors (Lipinski definition) is 0. The zero-order valence-electron chi connectivity index (χ0n) is 12.1. The van der Waals surface area contributed by atoms with Crippen LogP contribution in [0.5, 0.6) is 5.75 Å². The number of carbonyl (C=O) groups excluding carboxylic acids is 1. The predicted molar refractivity (Wildman–Crippen MR) is 72.5 cm³/mol. The Morgan fingerprint density at radius 1 is 1.08 bits per heavy atom. The molecule has 0 spiro atoms. The van der Waals surface area contributed by atoms with Gasteiger partial charge in [0, 0.05) is 17.2 Å². The van der Waals surface area contributed by atoms with Crippen molar-refractivity contribution in [3.8, 4) is 11.8 Å². The molecule has 2 rings (SSSR count). The molecule has 3 nitrogen and oxygen atoms in total. The summed E-state index contributed by atoms with van der Waals surface area (Å²) < 4.78 is 80.6. The second-order valence-electron chi connectivity index (χ2n) is 4.78. The molecular formula is C16H7F6NO2. The number of nitrogens with zero attached hydrogens (tertiary/aromatic N) is 1. The monoisotopic (exact) mass is 359 g/mol. The Bertz CT molecular complexity index is 860. The standard InChI is InChI=1S/C16H7F6NO2/c17-11-4-9(5-12(6-11)25-16(21,22)15(19)20)14(24)8-1-2-13(18)10(3-8)7-23/h1-6,15H. The van der Waals surface area contributed by atoms with Crippen LogP contribution in [0.2, 0.25) is 0 Å². The molecule has 0 fully saturated rings. The first-order valence-corrected chi connectivity index (χ1v) is 6.54. The molecule has 0 atom stereocenters. The minimum Gasteiger partial charge on any atom is -0.428 e. The summed E-state index contributed by atoms with van der Waals surface area (Å²) in [6, 6.07) is 5.91. The van der Waals surface area contributed by atoms with Gasteiger partial charge in [-0.2, -0.15) is 22.8 Å². The molecule has 0 saturated heterocycles. The van der Waals surface area contributed by atoms with Crippen molar-refractivity contribution in [3.63, 3.8) is 0 Å². The van der Waals surface area contributed by atoms with Crippen LogP contribution in [0.15, 0.2) is 36.4 Å². The number of ether oxygens (including phenoxy) is 1. The van der Waals surface area contributed by atoms with Crippen molar-refractivity contribution >= 4 is 5.78 Å². The van der Waals surface area contributed by atoms with Crippen molar-refractivity contribution in [1.29, 1.82) is 5.26 Å². The molecule has 0 aliphatic heterocycles. The van der Waals surface area contributed by atoms with Gasteiger partial charge in [0.2, 0.25) is 0 Å². The smallest absolute Gasteiger partial charge is 0.428 e. The molecule has 130 valence electrons. The molecule has 9 heteroatoms. The Hall–Kier alpha value is -3.02. The van der Waals surface area contributed by atoms with E-state index in [1.165, 1.54) is 6.07 Å². The maximum Gasteiger partial charge on any atom is 0.461 e. The van der Waals surface area contributed by atoms with E-state index in [4.69, 9.17) is 5.26 Å². The Labute approximate surface area is 137 Å². The van der Waals surface area contributed by atoms with Crippen molar-refractivity contribution in [2.24, 2.45) is 0 Å². The zero-order valence-corrected chi connectivity index (χ0v) is 12.1. The van der Waals surface area contributed by atoms with Gasteiger partial charge in [0.1, 0.15) is 23.5 Å². The van der Waals surface area contributed by atoms with E-state index in [-0.39, 0.29) is 5.56 Å². The second-order valence-corrected chi connectivity index (χ2v) is 4.78. The largest absolute Gasteiger partial charge is 0.461 e. The summed E-state index contributed by atoms with van der Waals surface area (Å²) in [7, 11) is 0. The third-order valence-corrected chi connectivity index (χ3v) is 2.99. The van der Waals surface area contributed by atoms with Crippen LogP contribution in [-0.2, 0) is 0 Å². The van der Waals surface area contributed by atoms with E-state index in [2.05, 4.69) is 4.74 Å². The zero-order chi connectivity index (χ0) is 18.8. The molecule has 0 aromatic heterocycles. The number of rotatable bonds is 5. The van der Waals surface area contributed by atoms with Gasteiger partial charge >= 0.3 is 12.5 Å². The van der Waals surface area contributed by atoms with Gasteiger partial charge in [0.25, 0.3) is 0 Å².